The van der Waals surface area contributed by atoms with Gasteiger partial charge < -0.3 is 5.11 Å². The third-order valence-electron chi connectivity index (χ3n) is 2.45. The van der Waals surface area contributed by atoms with Crippen LogP contribution in [-0.4, -0.2) is 15.3 Å². The highest BCUT2D eigenvalue weighted by atomic mass is 35.5. The van der Waals surface area contributed by atoms with Crippen molar-refractivity contribution in [1.29, 1.82) is 0 Å². The van der Waals surface area contributed by atoms with Crippen LogP contribution in [0.5, 0.6) is 0 Å². The Hall–Kier alpha value is -1.17. The van der Waals surface area contributed by atoms with Crippen molar-refractivity contribution in [3.8, 4) is 0 Å². The molecular formula is C13H11ClO3S2. The van der Waals surface area contributed by atoms with Gasteiger partial charge >= 0.3 is 5.97 Å². The van der Waals surface area contributed by atoms with E-state index in [1.54, 1.807) is 12.1 Å². The summed E-state index contributed by atoms with van der Waals surface area (Å²) < 4.78 is 12.0. The van der Waals surface area contributed by atoms with E-state index in [1.165, 1.54) is 6.07 Å². The quantitative estimate of drug-likeness (QED) is 0.918. The molecule has 19 heavy (non-hydrogen) atoms. The fourth-order valence-corrected chi connectivity index (χ4v) is 4.24. The molecule has 1 N–H and O–H groups in total. The molecule has 1 aromatic carbocycles. The minimum atomic E-state index is -1.10. The number of carboxylic acid groups (broad SMARTS) is 1. The van der Waals surface area contributed by atoms with E-state index in [1.807, 2.05) is 18.2 Å². The number of rotatable bonds is 5. The molecule has 0 bridgehead atoms. The molecule has 2 aromatic rings. The zero-order chi connectivity index (χ0) is 13.8. The van der Waals surface area contributed by atoms with Gasteiger partial charge in [-0.15, -0.1) is 11.3 Å². The highest BCUT2D eigenvalue weighted by Gasteiger charge is 2.10. The Morgan fingerprint density at radius 1 is 1.21 bits per heavy atom. The van der Waals surface area contributed by atoms with Crippen molar-refractivity contribution in [2.75, 3.05) is 0 Å². The summed E-state index contributed by atoms with van der Waals surface area (Å²) in [5.74, 6) is -0.225. The van der Waals surface area contributed by atoms with Gasteiger partial charge in [-0.05, 0) is 23.8 Å². The lowest BCUT2D eigenvalue weighted by atomic mass is 10.2. The second-order valence-electron chi connectivity index (χ2n) is 3.89. The molecule has 1 unspecified atom stereocenters. The maximum absolute atomic E-state index is 12.0. The van der Waals surface area contributed by atoms with Crippen LogP contribution < -0.4 is 0 Å². The Morgan fingerprint density at radius 2 is 1.95 bits per heavy atom. The molecule has 0 amide bonds. The minimum absolute atomic E-state index is 0.268. The highest BCUT2D eigenvalue weighted by molar-refractivity contribution is 7.83. The average molecular weight is 315 g/mol. The number of thiophene rings is 1. The predicted molar refractivity (Wildman–Crippen MR) is 78.3 cm³/mol. The van der Waals surface area contributed by atoms with Crippen LogP contribution in [0.2, 0.25) is 5.02 Å². The molecule has 2 rings (SSSR count). The Bertz CT molecular complexity index is 622. The van der Waals surface area contributed by atoms with Crippen LogP contribution in [0.3, 0.4) is 0 Å². The van der Waals surface area contributed by atoms with Crippen LogP contribution >= 0.6 is 22.9 Å². The summed E-state index contributed by atoms with van der Waals surface area (Å²) in [6.45, 7) is 0. The molecule has 0 aliphatic carbocycles. The molecule has 1 atom stereocenters. The van der Waals surface area contributed by atoms with Crippen LogP contribution in [0.4, 0.5) is 0 Å². The molecule has 100 valence electrons. The molecule has 0 saturated carbocycles. The third kappa shape index (κ3) is 3.89. The molecule has 1 heterocycles. The van der Waals surface area contributed by atoms with Gasteiger partial charge in [-0.25, -0.2) is 4.79 Å². The lowest BCUT2D eigenvalue weighted by Gasteiger charge is -2.03. The summed E-state index contributed by atoms with van der Waals surface area (Å²) in [5.41, 5.74) is 0.845. The first-order chi connectivity index (χ1) is 9.06. The predicted octanol–water partition coefficient (Wildman–Crippen LogP) is 3.55. The van der Waals surface area contributed by atoms with E-state index >= 15 is 0 Å². The van der Waals surface area contributed by atoms with Gasteiger partial charge in [0.05, 0.1) is 11.5 Å². The lowest BCUT2D eigenvalue weighted by molar-refractivity contribution is 0.0702. The number of carbonyl (C=O) groups is 1. The van der Waals surface area contributed by atoms with E-state index in [-0.39, 0.29) is 4.88 Å². The summed E-state index contributed by atoms with van der Waals surface area (Å²) >= 11 is 7.17. The van der Waals surface area contributed by atoms with E-state index in [2.05, 4.69) is 0 Å². The summed E-state index contributed by atoms with van der Waals surface area (Å²) in [5, 5.41) is 9.43. The molecular weight excluding hydrogens is 304 g/mol. The summed E-state index contributed by atoms with van der Waals surface area (Å²) in [7, 11) is -1.10. The second kappa shape index (κ2) is 6.32. The normalized spacial score (nSPS) is 12.3. The first-order valence-corrected chi connectivity index (χ1v) is 8.15. The number of benzene rings is 1. The minimum Gasteiger partial charge on any atom is -0.477 e. The highest BCUT2D eigenvalue weighted by Crippen LogP contribution is 2.21. The van der Waals surface area contributed by atoms with Crippen LogP contribution in [0.1, 0.15) is 20.1 Å². The van der Waals surface area contributed by atoms with Crippen LogP contribution in [0.15, 0.2) is 36.4 Å². The Balaban J connectivity index is 2.01. The first-order valence-electron chi connectivity index (χ1n) is 5.46. The Labute approximate surface area is 122 Å². The zero-order valence-corrected chi connectivity index (χ0v) is 12.2. The smallest absolute Gasteiger partial charge is 0.345 e. The van der Waals surface area contributed by atoms with E-state index < -0.39 is 16.8 Å². The summed E-state index contributed by atoms with van der Waals surface area (Å²) in [6, 6.07) is 10.5. The Kier molecular flexibility index (Phi) is 4.74. The van der Waals surface area contributed by atoms with E-state index in [0.29, 0.717) is 16.5 Å². The number of hydrogen-bond acceptors (Lipinski definition) is 3. The molecule has 3 nitrogen and oxygen atoms in total. The lowest BCUT2D eigenvalue weighted by Crippen LogP contribution is -1.98. The van der Waals surface area contributed by atoms with Gasteiger partial charge in [0.2, 0.25) is 0 Å². The van der Waals surface area contributed by atoms with Crippen molar-refractivity contribution in [3.63, 3.8) is 0 Å². The standard InChI is InChI=1S/C13H11ClO3S2/c14-11-4-2-1-3-9(11)7-19(17)8-10-5-6-12(18-10)13(15)16/h1-6H,7-8H2,(H,15,16). The maximum Gasteiger partial charge on any atom is 0.345 e. The van der Waals surface area contributed by atoms with Crippen molar-refractivity contribution < 1.29 is 14.1 Å². The summed E-state index contributed by atoms with van der Waals surface area (Å²) in [4.78, 5) is 11.8. The largest absolute Gasteiger partial charge is 0.477 e. The van der Waals surface area contributed by atoms with E-state index in [0.717, 1.165) is 21.8 Å². The van der Waals surface area contributed by atoms with E-state index in [9.17, 15) is 9.00 Å². The SMILES string of the molecule is O=C(O)c1ccc(CS(=O)Cc2ccccc2Cl)s1. The van der Waals surface area contributed by atoms with Gasteiger partial charge in [0, 0.05) is 20.7 Å². The molecule has 0 aliphatic rings. The Morgan fingerprint density at radius 3 is 2.58 bits per heavy atom. The average Bonchev–Trinajstić information content (AvgIpc) is 2.80. The van der Waals surface area contributed by atoms with Gasteiger partial charge in [-0.1, -0.05) is 29.8 Å². The van der Waals surface area contributed by atoms with Crippen molar-refractivity contribution in [2.45, 2.75) is 11.5 Å². The maximum atomic E-state index is 12.0. The number of carboxylic acids is 1. The molecule has 0 fully saturated rings. The monoisotopic (exact) mass is 314 g/mol. The molecule has 6 heteroatoms. The molecule has 0 spiro atoms. The van der Waals surface area contributed by atoms with E-state index in [4.69, 9.17) is 16.7 Å². The third-order valence-corrected chi connectivity index (χ3v) is 5.34. The second-order valence-corrected chi connectivity index (χ2v) is 6.92. The van der Waals surface area contributed by atoms with Crippen molar-refractivity contribution in [1.82, 2.24) is 0 Å². The van der Waals surface area contributed by atoms with Crippen LogP contribution in [-0.2, 0) is 22.3 Å². The number of hydrogen-bond donors (Lipinski definition) is 1. The molecule has 0 radical (unpaired) electrons. The van der Waals surface area contributed by atoms with Crippen LogP contribution in [0.25, 0.3) is 0 Å². The number of halogens is 1. The van der Waals surface area contributed by atoms with Crippen molar-refractivity contribution in [3.05, 3.63) is 56.7 Å². The van der Waals surface area contributed by atoms with Crippen LogP contribution in [0, 0.1) is 0 Å². The van der Waals surface area contributed by atoms with Crippen molar-refractivity contribution in [2.24, 2.45) is 0 Å². The van der Waals surface area contributed by atoms with Gasteiger partial charge in [0.15, 0.2) is 0 Å². The van der Waals surface area contributed by atoms with Gasteiger partial charge in [0.25, 0.3) is 0 Å². The topological polar surface area (TPSA) is 54.4 Å². The zero-order valence-electron chi connectivity index (χ0n) is 9.84. The molecule has 1 aromatic heterocycles. The first kappa shape index (κ1) is 14.2. The fraction of sp³-hybridized carbons (Fsp3) is 0.154. The summed E-state index contributed by atoms with van der Waals surface area (Å²) in [6.07, 6.45) is 0. The van der Waals surface area contributed by atoms with Gasteiger partial charge in [0.1, 0.15) is 4.88 Å². The van der Waals surface area contributed by atoms with Gasteiger partial charge in [-0.2, -0.15) is 0 Å². The van der Waals surface area contributed by atoms with Gasteiger partial charge in [-0.3, -0.25) is 4.21 Å². The van der Waals surface area contributed by atoms with Crippen molar-refractivity contribution >= 4 is 39.7 Å². The fourth-order valence-electron chi connectivity index (χ4n) is 1.57. The molecule has 0 saturated heterocycles. The number of aromatic carboxylic acids is 1. The molecule has 0 aliphatic heterocycles.